The number of nitrogens with one attached hydrogen (secondary N) is 2. The molecule has 1 aromatic rings. The summed E-state index contributed by atoms with van der Waals surface area (Å²) in [6, 6.07) is 4.45. The molecule has 26 heavy (non-hydrogen) atoms. The van der Waals surface area contributed by atoms with Crippen LogP contribution < -0.4 is 15.4 Å². The summed E-state index contributed by atoms with van der Waals surface area (Å²) in [6.07, 6.45) is 0. The topological polar surface area (TPSA) is 97.0 Å². The number of benzene rings is 1. The molecular formula is C17H27N3O5S. The number of rotatable bonds is 8. The molecule has 1 amide bonds. The predicted molar refractivity (Wildman–Crippen MR) is 98.0 cm³/mol. The van der Waals surface area contributed by atoms with Gasteiger partial charge in [0.25, 0.3) is 5.91 Å². The Bertz CT molecular complexity index is 717. The number of likely N-dealkylation sites (N-methyl/N-ethyl adjacent to an activating group) is 1. The molecule has 1 saturated heterocycles. The van der Waals surface area contributed by atoms with Crippen molar-refractivity contribution in [1.82, 2.24) is 14.9 Å². The van der Waals surface area contributed by atoms with E-state index in [9.17, 15) is 13.2 Å². The van der Waals surface area contributed by atoms with Crippen LogP contribution in [0.25, 0.3) is 0 Å². The number of sulfonamides is 1. The van der Waals surface area contributed by atoms with Crippen LogP contribution in [0.5, 0.6) is 5.75 Å². The van der Waals surface area contributed by atoms with Crippen molar-refractivity contribution in [2.75, 3.05) is 46.5 Å². The van der Waals surface area contributed by atoms with Crippen molar-refractivity contribution in [2.45, 2.75) is 24.8 Å². The van der Waals surface area contributed by atoms with Crippen LogP contribution >= 0.6 is 0 Å². The number of amides is 1. The van der Waals surface area contributed by atoms with Crippen LogP contribution in [0, 0.1) is 0 Å². The highest BCUT2D eigenvalue weighted by Gasteiger charge is 2.28. The van der Waals surface area contributed by atoms with Crippen LogP contribution in [0.4, 0.5) is 0 Å². The molecule has 2 rings (SSSR count). The maximum atomic E-state index is 12.8. The van der Waals surface area contributed by atoms with Gasteiger partial charge in [-0.15, -0.1) is 0 Å². The molecule has 1 heterocycles. The Morgan fingerprint density at radius 3 is 2.65 bits per heavy atom. The van der Waals surface area contributed by atoms with Crippen molar-refractivity contribution in [1.29, 1.82) is 0 Å². The van der Waals surface area contributed by atoms with Gasteiger partial charge in [-0.05, 0) is 31.7 Å². The lowest BCUT2D eigenvalue weighted by Gasteiger charge is -2.26. The Kier molecular flexibility index (Phi) is 7.39. The van der Waals surface area contributed by atoms with Crippen molar-refractivity contribution in [3.05, 3.63) is 23.8 Å². The van der Waals surface area contributed by atoms with E-state index in [2.05, 4.69) is 10.6 Å². The summed E-state index contributed by atoms with van der Waals surface area (Å²) >= 11 is 0. The lowest BCUT2D eigenvalue weighted by molar-refractivity contribution is 0.0730. The summed E-state index contributed by atoms with van der Waals surface area (Å²) in [5.41, 5.74) is 0.200. The summed E-state index contributed by atoms with van der Waals surface area (Å²) in [4.78, 5) is 12.6. The minimum atomic E-state index is -3.68. The third-order valence-corrected chi connectivity index (χ3v) is 6.04. The largest absolute Gasteiger partial charge is 0.496 e. The molecule has 1 atom stereocenters. The van der Waals surface area contributed by atoms with Crippen LogP contribution in [0.1, 0.15) is 24.2 Å². The Hall–Kier alpha value is -1.68. The van der Waals surface area contributed by atoms with Gasteiger partial charge in [0.2, 0.25) is 10.0 Å². The average molecular weight is 385 g/mol. The number of methoxy groups -OCH3 is 1. The van der Waals surface area contributed by atoms with Gasteiger partial charge in [0.05, 0.1) is 30.8 Å². The highest BCUT2D eigenvalue weighted by Crippen LogP contribution is 2.25. The standard InChI is InChI=1S/C17H27N3O5S/c1-4-18-13(2)12-19-17(21)15-11-14(5-6-16(15)24-3)26(22,23)20-7-9-25-10-8-20/h5-6,11,13,18H,4,7-10,12H2,1-3H3,(H,19,21)/t13-/m1/s1. The maximum Gasteiger partial charge on any atom is 0.255 e. The average Bonchev–Trinajstić information content (AvgIpc) is 2.66. The first kappa shape index (κ1) is 20.6. The predicted octanol–water partition coefficient (Wildman–Crippen LogP) is 0.444. The zero-order chi connectivity index (χ0) is 19.2. The highest BCUT2D eigenvalue weighted by atomic mass is 32.2. The number of ether oxygens (including phenoxy) is 2. The number of hydrogen-bond donors (Lipinski definition) is 2. The molecule has 2 N–H and O–H groups in total. The smallest absolute Gasteiger partial charge is 0.255 e. The third-order valence-electron chi connectivity index (χ3n) is 4.14. The van der Waals surface area contributed by atoms with E-state index in [4.69, 9.17) is 9.47 Å². The fraction of sp³-hybridized carbons (Fsp3) is 0.588. The van der Waals surface area contributed by atoms with Crippen molar-refractivity contribution in [2.24, 2.45) is 0 Å². The van der Waals surface area contributed by atoms with Gasteiger partial charge in [-0.25, -0.2) is 8.42 Å². The van der Waals surface area contributed by atoms with Gasteiger partial charge >= 0.3 is 0 Å². The van der Waals surface area contributed by atoms with Gasteiger partial charge < -0.3 is 20.1 Å². The highest BCUT2D eigenvalue weighted by molar-refractivity contribution is 7.89. The monoisotopic (exact) mass is 385 g/mol. The molecule has 0 bridgehead atoms. The van der Waals surface area contributed by atoms with Gasteiger partial charge in [-0.1, -0.05) is 6.92 Å². The van der Waals surface area contributed by atoms with Crippen LogP contribution in [0.15, 0.2) is 23.1 Å². The van der Waals surface area contributed by atoms with E-state index in [1.54, 1.807) is 0 Å². The lowest BCUT2D eigenvalue weighted by Crippen LogP contribution is -2.41. The minimum Gasteiger partial charge on any atom is -0.496 e. The Balaban J connectivity index is 2.23. The molecular weight excluding hydrogens is 358 g/mol. The first-order valence-corrected chi connectivity index (χ1v) is 10.1. The molecule has 0 aromatic heterocycles. The van der Waals surface area contributed by atoms with E-state index in [1.165, 1.54) is 29.6 Å². The van der Waals surface area contributed by atoms with Gasteiger partial charge in [0.1, 0.15) is 5.75 Å². The summed E-state index contributed by atoms with van der Waals surface area (Å²) in [5, 5.41) is 6.01. The summed E-state index contributed by atoms with van der Waals surface area (Å²) in [5.74, 6) is -0.0369. The molecule has 1 fully saturated rings. The number of morpholine rings is 1. The van der Waals surface area contributed by atoms with Crippen molar-refractivity contribution >= 4 is 15.9 Å². The van der Waals surface area contributed by atoms with Gasteiger partial charge in [0, 0.05) is 25.7 Å². The number of hydrogen-bond acceptors (Lipinski definition) is 6. The van der Waals surface area contributed by atoms with Gasteiger partial charge in [-0.2, -0.15) is 4.31 Å². The fourth-order valence-electron chi connectivity index (χ4n) is 2.72. The molecule has 1 aliphatic rings. The SMILES string of the molecule is CCN[C@H](C)CNC(=O)c1cc(S(=O)(=O)N2CCOCC2)ccc1OC. The molecule has 8 nitrogen and oxygen atoms in total. The summed E-state index contributed by atoms with van der Waals surface area (Å²) < 4.78 is 37.4. The van der Waals surface area contributed by atoms with E-state index in [0.717, 1.165) is 6.54 Å². The molecule has 0 saturated carbocycles. The Labute approximate surface area is 154 Å². The zero-order valence-electron chi connectivity index (χ0n) is 15.4. The first-order chi connectivity index (χ1) is 12.4. The Morgan fingerprint density at radius 2 is 2.04 bits per heavy atom. The lowest BCUT2D eigenvalue weighted by atomic mass is 10.2. The first-order valence-electron chi connectivity index (χ1n) is 8.67. The normalized spacial score (nSPS) is 16.9. The third kappa shape index (κ3) is 4.94. The maximum absolute atomic E-state index is 12.8. The van der Waals surface area contributed by atoms with Crippen LogP contribution in [0.2, 0.25) is 0 Å². The molecule has 1 aromatic carbocycles. The van der Waals surface area contributed by atoms with Crippen LogP contribution in [0.3, 0.4) is 0 Å². The number of nitrogens with zero attached hydrogens (tertiary/aromatic N) is 1. The number of carbonyl (C=O) groups is 1. The second-order valence-electron chi connectivity index (χ2n) is 6.05. The molecule has 0 unspecified atom stereocenters. The van der Waals surface area contributed by atoms with Gasteiger partial charge in [-0.3, -0.25) is 4.79 Å². The van der Waals surface area contributed by atoms with Crippen LogP contribution in [-0.4, -0.2) is 71.2 Å². The number of carbonyl (C=O) groups excluding carboxylic acids is 1. The van der Waals surface area contributed by atoms with E-state index in [0.29, 0.717) is 38.6 Å². The second-order valence-corrected chi connectivity index (χ2v) is 7.99. The fourth-order valence-corrected chi connectivity index (χ4v) is 4.16. The van der Waals surface area contributed by atoms with Crippen molar-refractivity contribution in [3.8, 4) is 5.75 Å². The van der Waals surface area contributed by atoms with Crippen molar-refractivity contribution < 1.29 is 22.7 Å². The molecule has 9 heteroatoms. The van der Waals surface area contributed by atoms with Crippen LogP contribution in [-0.2, 0) is 14.8 Å². The molecule has 0 aliphatic carbocycles. The Morgan fingerprint density at radius 1 is 1.35 bits per heavy atom. The van der Waals surface area contributed by atoms with E-state index >= 15 is 0 Å². The van der Waals surface area contributed by atoms with Gasteiger partial charge in [0.15, 0.2) is 0 Å². The summed E-state index contributed by atoms with van der Waals surface area (Å²) in [7, 11) is -2.23. The molecule has 1 aliphatic heterocycles. The van der Waals surface area contributed by atoms with Crippen molar-refractivity contribution in [3.63, 3.8) is 0 Å². The second kappa shape index (κ2) is 9.31. The zero-order valence-corrected chi connectivity index (χ0v) is 16.3. The molecule has 0 radical (unpaired) electrons. The molecule has 146 valence electrons. The summed E-state index contributed by atoms with van der Waals surface area (Å²) in [6.45, 7) is 6.51. The van der Waals surface area contributed by atoms with E-state index in [1.807, 2.05) is 13.8 Å². The minimum absolute atomic E-state index is 0.0741. The quantitative estimate of drug-likeness (QED) is 0.674. The molecule has 0 spiro atoms. The van der Waals surface area contributed by atoms with E-state index in [-0.39, 0.29) is 22.4 Å². The van der Waals surface area contributed by atoms with E-state index < -0.39 is 10.0 Å².